The van der Waals surface area contributed by atoms with Gasteiger partial charge in [-0.25, -0.2) is 4.98 Å². The van der Waals surface area contributed by atoms with E-state index >= 15 is 0 Å². The third-order valence-electron chi connectivity index (χ3n) is 3.89. The fourth-order valence-electron chi connectivity index (χ4n) is 2.98. The molecule has 2 heterocycles. The van der Waals surface area contributed by atoms with Gasteiger partial charge in [0.25, 0.3) is 0 Å². The van der Waals surface area contributed by atoms with Crippen LogP contribution >= 0.6 is 0 Å². The summed E-state index contributed by atoms with van der Waals surface area (Å²) in [5.41, 5.74) is 6.83. The summed E-state index contributed by atoms with van der Waals surface area (Å²) in [6.07, 6.45) is 3.46. The predicted octanol–water partition coefficient (Wildman–Crippen LogP) is 1.90. The van der Waals surface area contributed by atoms with Crippen molar-refractivity contribution in [1.82, 2.24) is 10.3 Å². The molecule has 0 saturated carbocycles. The normalized spacial score (nSPS) is 19.7. The van der Waals surface area contributed by atoms with Gasteiger partial charge in [-0.3, -0.25) is 0 Å². The molecule has 5 heteroatoms. The summed E-state index contributed by atoms with van der Waals surface area (Å²) in [7, 11) is 0. The Hall–Kier alpha value is -1.17. The lowest BCUT2D eigenvalue weighted by Gasteiger charge is -2.43. The number of pyridine rings is 1. The molecule has 3 N–H and O–H groups in total. The number of hydrogen-bond acceptors (Lipinski definition) is 5. The fourth-order valence-corrected chi connectivity index (χ4v) is 2.98. The largest absolute Gasteiger partial charge is 0.383 e. The molecular formula is C15H25N3O2. The van der Waals surface area contributed by atoms with Gasteiger partial charge in [0, 0.05) is 44.4 Å². The van der Waals surface area contributed by atoms with Crippen molar-refractivity contribution in [3.8, 4) is 0 Å². The maximum absolute atomic E-state index is 6.17. The first-order valence-corrected chi connectivity index (χ1v) is 7.39. The Morgan fingerprint density at radius 1 is 1.45 bits per heavy atom. The molecule has 1 atom stereocenters. The van der Waals surface area contributed by atoms with Crippen molar-refractivity contribution in [2.24, 2.45) is 0 Å². The van der Waals surface area contributed by atoms with E-state index in [-0.39, 0.29) is 11.6 Å². The summed E-state index contributed by atoms with van der Waals surface area (Å²) < 4.78 is 11.7. The van der Waals surface area contributed by atoms with Crippen molar-refractivity contribution in [2.75, 3.05) is 32.1 Å². The van der Waals surface area contributed by atoms with Gasteiger partial charge in [0.2, 0.25) is 0 Å². The lowest BCUT2D eigenvalue weighted by molar-refractivity contribution is -0.127. The molecule has 5 nitrogen and oxygen atoms in total. The molecule has 1 saturated heterocycles. The van der Waals surface area contributed by atoms with Crippen LogP contribution in [0.5, 0.6) is 0 Å². The van der Waals surface area contributed by atoms with Gasteiger partial charge in [0.15, 0.2) is 0 Å². The standard InChI is InChI=1S/C15H25N3O2/c1-3-17-13(12-6-5-9-18-14(12)16)15(20-4-2)7-10-19-11-8-15/h5-6,9,13,17H,3-4,7-8,10-11H2,1-2H3,(H2,16,18). The van der Waals surface area contributed by atoms with Gasteiger partial charge in [-0.15, -0.1) is 0 Å². The zero-order valence-electron chi connectivity index (χ0n) is 12.4. The molecule has 112 valence electrons. The van der Waals surface area contributed by atoms with Crippen LogP contribution in [0.2, 0.25) is 0 Å². The molecule has 1 unspecified atom stereocenters. The van der Waals surface area contributed by atoms with E-state index in [4.69, 9.17) is 15.2 Å². The number of rotatable bonds is 6. The van der Waals surface area contributed by atoms with Crippen LogP contribution in [0.25, 0.3) is 0 Å². The molecule has 0 radical (unpaired) electrons. The van der Waals surface area contributed by atoms with Gasteiger partial charge in [-0.2, -0.15) is 0 Å². The first-order chi connectivity index (χ1) is 9.73. The Bertz CT molecular complexity index is 414. The van der Waals surface area contributed by atoms with E-state index in [0.29, 0.717) is 12.4 Å². The van der Waals surface area contributed by atoms with Crippen LogP contribution in [0.4, 0.5) is 5.82 Å². The van der Waals surface area contributed by atoms with Gasteiger partial charge in [-0.1, -0.05) is 13.0 Å². The highest BCUT2D eigenvalue weighted by Gasteiger charge is 2.42. The number of anilines is 1. The van der Waals surface area contributed by atoms with E-state index < -0.39 is 0 Å². The second-order valence-corrected chi connectivity index (χ2v) is 5.08. The van der Waals surface area contributed by atoms with E-state index in [1.54, 1.807) is 6.20 Å². The SMILES string of the molecule is CCNC(c1cccnc1N)C1(OCC)CCOCC1. The highest BCUT2D eigenvalue weighted by atomic mass is 16.5. The average molecular weight is 279 g/mol. The van der Waals surface area contributed by atoms with Crippen LogP contribution in [-0.2, 0) is 9.47 Å². The number of aromatic nitrogens is 1. The minimum absolute atomic E-state index is 0.0463. The molecule has 0 aromatic carbocycles. The Balaban J connectivity index is 2.36. The predicted molar refractivity (Wildman–Crippen MR) is 79.5 cm³/mol. The maximum Gasteiger partial charge on any atom is 0.128 e. The number of nitrogens with zero attached hydrogens (tertiary/aromatic N) is 1. The molecule has 1 fully saturated rings. The molecule has 1 aliphatic heterocycles. The third kappa shape index (κ3) is 3.11. The van der Waals surface area contributed by atoms with Crippen LogP contribution in [0, 0.1) is 0 Å². The van der Waals surface area contributed by atoms with Crippen molar-refractivity contribution in [3.05, 3.63) is 23.9 Å². The molecule has 1 aliphatic rings. The summed E-state index contributed by atoms with van der Waals surface area (Å²) in [6, 6.07) is 4.01. The minimum atomic E-state index is -0.264. The molecule has 0 bridgehead atoms. The number of nitrogens with one attached hydrogen (secondary N) is 1. The van der Waals surface area contributed by atoms with Gasteiger partial charge < -0.3 is 20.5 Å². The average Bonchev–Trinajstić information content (AvgIpc) is 2.47. The first-order valence-electron chi connectivity index (χ1n) is 7.39. The summed E-state index contributed by atoms with van der Waals surface area (Å²) in [6.45, 7) is 7.12. The molecule has 20 heavy (non-hydrogen) atoms. The Morgan fingerprint density at radius 3 is 2.80 bits per heavy atom. The van der Waals surface area contributed by atoms with E-state index in [2.05, 4.69) is 17.2 Å². The molecular weight excluding hydrogens is 254 g/mol. The quantitative estimate of drug-likeness (QED) is 0.832. The first kappa shape index (κ1) is 15.2. The van der Waals surface area contributed by atoms with Crippen LogP contribution < -0.4 is 11.1 Å². The minimum Gasteiger partial charge on any atom is -0.383 e. The molecule has 2 rings (SSSR count). The zero-order chi connectivity index (χ0) is 14.4. The van der Waals surface area contributed by atoms with E-state index in [9.17, 15) is 0 Å². The monoisotopic (exact) mass is 279 g/mol. The van der Waals surface area contributed by atoms with E-state index in [1.807, 2.05) is 19.1 Å². The van der Waals surface area contributed by atoms with Crippen LogP contribution in [0.3, 0.4) is 0 Å². The lowest BCUT2D eigenvalue weighted by Crippen LogP contribution is -2.50. The van der Waals surface area contributed by atoms with Crippen molar-refractivity contribution in [3.63, 3.8) is 0 Å². The third-order valence-corrected chi connectivity index (χ3v) is 3.89. The Morgan fingerprint density at radius 2 is 2.20 bits per heavy atom. The van der Waals surface area contributed by atoms with Crippen LogP contribution in [0.1, 0.15) is 38.3 Å². The van der Waals surface area contributed by atoms with Crippen molar-refractivity contribution >= 4 is 5.82 Å². The highest BCUT2D eigenvalue weighted by molar-refractivity contribution is 5.42. The number of hydrogen-bond donors (Lipinski definition) is 2. The van der Waals surface area contributed by atoms with E-state index in [1.165, 1.54) is 0 Å². The lowest BCUT2D eigenvalue weighted by atomic mass is 9.82. The number of nitrogens with two attached hydrogens (primary N) is 1. The van der Waals surface area contributed by atoms with Gasteiger partial charge >= 0.3 is 0 Å². The summed E-state index contributed by atoms with van der Waals surface area (Å²) in [5.74, 6) is 0.573. The summed E-state index contributed by atoms with van der Waals surface area (Å²) in [5, 5.41) is 3.53. The second-order valence-electron chi connectivity index (χ2n) is 5.08. The molecule has 0 amide bonds. The van der Waals surface area contributed by atoms with E-state index in [0.717, 1.165) is 38.2 Å². The zero-order valence-corrected chi connectivity index (χ0v) is 12.4. The number of likely N-dealkylation sites (N-methyl/N-ethyl adjacent to an activating group) is 1. The number of nitrogen functional groups attached to an aromatic ring is 1. The van der Waals surface area contributed by atoms with Gasteiger partial charge in [0.05, 0.1) is 11.6 Å². The second kappa shape index (κ2) is 7.02. The topological polar surface area (TPSA) is 69.4 Å². The smallest absolute Gasteiger partial charge is 0.128 e. The van der Waals surface area contributed by atoms with Crippen LogP contribution in [-0.4, -0.2) is 37.0 Å². The Kier molecular flexibility index (Phi) is 5.34. The van der Waals surface area contributed by atoms with Crippen LogP contribution in [0.15, 0.2) is 18.3 Å². The summed E-state index contributed by atoms with van der Waals surface area (Å²) in [4.78, 5) is 4.22. The molecule has 1 aromatic rings. The Labute approximate surface area is 120 Å². The summed E-state index contributed by atoms with van der Waals surface area (Å²) >= 11 is 0. The van der Waals surface area contributed by atoms with Crippen molar-refractivity contribution in [1.29, 1.82) is 0 Å². The molecule has 1 aromatic heterocycles. The molecule has 0 spiro atoms. The maximum atomic E-state index is 6.17. The molecule has 0 aliphatic carbocycles. The van der Waals surface area contributed by atoms with Crippen molar-refractivity contribution in [2.45, 2.75) is 38.3 Å². The number of ether oxygens (including phenoxy) is 2. The fraction of sp³-hybridized carbons (Fsp3) is 0.667. The highest BCUT2D eigenvalue weighted by Crippen LogP contribution is 2.39. The van der Waals surface area contributed by atoms with Gasteiger partial charge in [-0.05, 0) is 19.5 Å². The van der Waals surface area contributed by atoms with Gasteiger partial charge in [0.1, 0.15) is 5.82 Å². The van der Waals surface area contributed by atoms with Crippen molar-refractivity contribution < 1.29 is 9.47 Å².